The van der Waals surface area contributed by atoms with Crippen LogP contribution in [0.3, 0.4) is 0 Å². The predicted octanol–water partition coefficient (Wildman–Crippen LogP) is 2.45. The zero-order valence-electron chi connectivity index (χ0n) is 15.0. The van der Waals surface area contributed by atoms with Gasteiger partial charge in [-0.15, -0.1) is 0 Å². The first-order chi connectivity index (χ1) is 12.5. The van der Waals surface area contributed by atoms with E-state index in [0.29, 0.717) is 23.4 Å². The Hall–Kier alpha value is -3.22. The molecule has 0 atom stereocenters. The second kappa shape index (κ2) is 7.35. The second-order valence-corrected chi connectivity index (χ2v) is 5.97. The molecule has 2 aromatic carbocycles. The van der Waals surface area contributed by atoms with Crippen molar-refractivity contribution in [2.24, 2.45) is 7.05 Å². The number of nitrogens with zero attached hydrogens (tertiary/aromatic N) is 4. The average Bonchev–Trinajstić information content (AvgIpc) is 2.99. The Balaban J connectivity index is 1.84. The third-order valence-electron chi connectivity index (χ3n) is 4.14. The van der Waals surface area contributed by atoms with Gasteiger partial charge in [-0.3, -0.25) is 4.79 Å². The smallest absolute Gasteiger partial charge is 0.368 e. The third-order valence-corrected chi connectivity index (χ3v) is 4.14. The van der Waals surface area contributed by atoms with Gasteiger partial charge in [-0.1, -0.05) is 25.1 Å². The van der Waals surface area contributed by atoms with Gasteiger partial charge < -0.3 is 4.74 Å². The summed E-state index contributed by atoms with van der Waals surface area (Å²) in [4.78, 5) is 23.9. The molecule has 3 rings (SSSR count). The van der Waals surface area contributed by atoms with E-state index in [1.165, 1.54) is 9.36 Å². The zero-order valence-corrected chi connectivity index (χ0v) is 15.0. The number of aryl methyl sites for hydroxylation is 2. The number of para-hydroxylation sites is 1. The van der Waals surface area contributed by atoms with Crippen molar-refractivity contribution in [1.29, 1.82) is 0 Å². The van der Waals surface area contributed by atoms with Crippen LogP contribution in [0.15, 0.2) is 47.3 Å². The molecule has 134 valence electrons. The summed E-state index contributed by atoms with van der Waals surface area (Å²) in [6.07, 6.45) is 0.472. The highest BCUT2D eigenvalue weighted by Gasteiger charge is 2.12. The van der Waals surface area contributed by atoms with Gasteiger partial charge in [0.15, 0.2) is 5.78 Å². The van der Waals surface area contributed by atoms with Gasteiger partial charge in [-0.2, -0.15) is 9.36 Å². The van der Waals surface area contributed by atoms with Crippen LogP contribution in [0, 0.1) is 6.92 Å². The molecule has 7 nitrogen and oxygen atoms in total. The molecule has 26 heavy (non-hydrogen) atoms. The normalized spacial score (nSPS) is 10.7. The fourth-order valence-electron chi connectivity index (χ4n) is 2.65. The van der Waals surface area contributed by atoms with Crippen molar-refractivity contribution in [1.82, 2.24) is 19.8 Å². The Labute approximate surface area is 150 Å². The number of ketones is 1. The number of tetrazole rings is 1. The molecule has 1 heterocycles. The van der Waals surface area contributed by atoms with E-state index in [0.717, 1.165) is 11.1 Å². The maximum atomic E-state index is 12.1. The summed E-state index contributed by atoms with van der Waals surface area (Å²) in [6, 6.07) is 12.8. The van der Waals surface area contributed by atoms with E-state index in [1.807, 2.05) is 38.1 Å². The standard InChI is InChI=1S/C19H20N4O3/c1-4-17(24)14-9-10-18(13(2)11-14)26-12-15-7-5-6-8-16(15)23-19(25)22(3)20-21-23/h5-11H,4,12H2,1-3H3. The summed E-state index contributed by atoms with van der Waals surface area (Å²) in [5, 5.41) is 7.63. The topological polar surface area (TPSA) is 79.0 Å². The first kappa shape index (κ1) is 17.6. The van der Waals surface area contributed by atoms with Crippen molar-refractivity contribution >= 4 is 5.78 Å². The summed E-state index contributed by atoms with van der Waals surface area (Å²) in [5.41, 5.74) is 2.68. The van der Waals surface area contributed by atoms with Crippen LogP contribution in [-0.4, -0.2) is 25.6 Å². The van der Waals surface area contributed by atoms with Gasteiger partial charge >= 0.3 is 5.69 Å². The molecule has 7 heteroatoms. The van der Waals surface area contributed by atoms with Crippen molar-refractivity contribution in [3.63, 3.8) is 0 Å². The maximum Gasteiger partial charge on any atom is 0.368 e. The van der Waals surface area contributed by atoms with E-state index < -0.39 is 0 Å². The molecular formula is C19H20N4O3. The van der Waals surface area contributed by atoms with E-state index in [-0.39, 0.29) is 18.1 Å². The highest BCUT2D eigenvalue weighted by Crippen LogP contribution is 2.22. The van der Waals surface area contributed by atoms with E-state index >= 15 is 0 Å². The number of hydrogen-bond acceptors (Lipinski definition) is 5. The average molecular weight is 352 g/mol. The second-order valence-electron chi connectivity index (χ2n) is 5.97. The van der Waals surface area contributed by atoms with Crippen molar-refractivity contribution in [3.05, 3.63) is 69.6 Å². The lowest BCUT2D eigenvalue weighted by Crippen LogP contribution is -2.23. The number of carbonyl (C=O) groups is 1. The SMILES string of the molecule is CCC(=O)c1ccc(OCc2ccccc2-n2nnn(C)c2=O)c(C)c1. The minimum Gasteiger partial charge on any atom is -0.489 e. The van der Waals surface area contributed by atoms with Gasteiger partial charge in [0.25, 0.3) is 0 Å². The molecule has 0 radical (unpaired) electrons. The minimum absolute atomic E-state index is 0.104. The minimum atomic E-state index is -0.323. The number of benzene rings is 2. The summed E-state index contributed by atoms with van der Waals surface area (Å²) >= 11 is 0. The number of carbonyl (C=O) groups excluding carboxylic acids is 1. The Morgan fingerprint density at radius 1 is 1.15 bits per heavy atom. The Morgan fingerprint density at radius 2 is 1.92 bits per heavy atom. The first-order valence-corrected chi connectivity index (χ1v) is 8.35. The van der Waals surface area contributed by atoms with Crippen molar-refractivity contribution < 1.29 is 9.53 Å². The highest BCUT2D eigenvalue weighted by molar-refractivity contribution is 5.96. The van der Waals surface area contributed by atoms with Gasteiger partial charge in [-0.05, 0) is 47.2 Å². The molecule has 1 aromatic heterocycles. The van der Waals surface area contributed by atoms with E-state index in [2.05, 4.69) is 10.4 Å². The van der Waals surface area contributed by atoms with Crippen LogP contribution in [0.1, 0.15) is 34.8 Å². The molecule has 0 N–H and O–H groups in total. The van der Waals surface area contributed by atoms with Gasteiger partial charge in [0.2, 0.25) is 0 Å². The largest absolute Gasteiger partial charge is 0.489 e. The van der Waals surface area contributed by atoms with Crippen LogP contribution in [-0.2, 0) is 13.7 Å². The Kier molecular flexibility index (Phi) is 4.97. The van der Waals surface area contributed by atoms with Crippen LogP contribution in [0.4, 0.5) is 0 Å². The van der Waals surface area contributed by atoms with Gasteiger partial charge in [0, 0.05) is 24.6 Å². The lowest BCUT2D eigenvalue weighted by atomic mass is 10.1. The molecule has 0 saturated heterocycles. The van der Waals surface area contributed by atoms with Gasteiger partial charge in [-0.25, -0.2) is 4.79 Å². The summed E-state index contributed by atoms with van der Waals surface area (Å²) in [6.45, 7) is 4.01. The molecule has 0 aliphatic heterocycles. The molecule has 0 unspecified atom stereocenters. The fourth-order valence-corrected chi connectivity index (χ4v) is 2.65. The molecule has 0 spiro atoms. The van der Waals surface area contributed by atoms with Crippen LogP contribution in [0.5, 0.6) is 5.75 Å². The molecular weight excluding hydrogens is 332 g/mol. The lowest BCUT2D eigenvalue weighted by molar-refractivity contribution is 0.0988. The fraction of sp³-hybridized carbons (Fsp3) is 0.263. The van der Waals surface area contributed by atoms with Crippen LogP contribution in [0.2, 0.25) is 0 Å². The molecule has 0 fully saturated rings. The lowest BCUT2D eigenvalue weighted by Gasteiger charge is -2.12. The maximum absolute atomic E-state index is 12.1. The summed E-state index contributed by atoms with van der Waals surface area (Å²) < 4.78 is 8.33. The number of aromatic nitrogens is 4. The molecule has 0 aliphatic rings. The van der Waals surface area contributed by atoms with Crippen LogP contribution >= 0.6 is 0 Å². The van der Waals surface area contributed by atoms with Crippen molar-refractivity contribution in [2.45, 2.75) is 26.9 Å². The number of hydrogen-bond donors (Lipinski definition) is 0. The quantitative estimate of drug-likeness (QED) is 0.637. The predicted molar refractivity (Wildman–Crippen MR) is 96.7 cm³/mol. The molecule has 0 saturated carbocycles. The number of ether oxygens (including phenoxy) is 1. The number of rotatable bonds is 6. The van der Waals surface area contributed by atoms with Crippen LogP contribution in [0.25, 0.3) is 5.69 Å². The van der Waals surface area contributed by atoms with Crippen LogP contribution < -0.4 is 10.4 Å². The third kappa shape index (κ3) is 3.42. The first-order valence-electron chi connectivity index (χ1n) is 8.35. The van der Waals surface area contributed by atoms with Crippen molar-refractivity contribution in [3.8, 4) is 11.4 Å². The van der Waals surface area contributed by atoms with E-state index in [1.54, 1.807) is 25.2 Å². The zero-order chi connectivity index (χ0) is 18.7. The number of Topliss-reactive ketones (excluding diaryl/α,β-unsaturated/α-hetero) is 1. The molecule has 0 bridgehead atoms. The van der Waals surface area contributed by atoms with Gasteiger partial charge in [0.1, 0.15) is 12.4 Å². The molecule has 3 aromatic rings. The Bertz CT molecular complexity index is 1000. The van der Waals surface area contributed by atoms with Crippen molar-refractivity contribution in [2.75, 3.05) is 0 Å². The summed E-state index contributed by atoms with van der Waals surface area (Å²) in [5.74, 6) is 0.797. The Morgan fingerprint density at radius 3 is 2.58 bits per heavy atom. The van der Waals surface area contributed by atoms with E-state index in [4.69, 9.17) is 4.74 Å². The van der Waals surface area contributed by atoms with E-state index in [9.17, 15) is 9.59 Å². The molecule has 0 aliphatic carbocycles. The monoisotopic (exact) mass is 352 g/mol. The summed E-state index contributed by atoms with van der Waals surface area (Å²) in [7, 11) is 1.55. The molecule has 0 amide bonds. The highest BCUT2D eigenvalue weighted by atomic mass is 16.5. The van der Waals surface area contributed by atoms with Gasteiger partial charge in [0.05, 0.1) is 5.69 Å².